The highest BCUT2D eigenvalue weighted by molar-refractivity contribution is 5.85. The summed E-state index contributed by atoms with van der Waals surface area (Å²) >= 11 is 0. The van der Waals surface area contributed by atoms with Crippen LogP contribution in [-0.4, -0.2) is 46.4 Å². The molecule has 3 aromatic rings. The molecule has 3 heterocycles. The number of piperazine rings is 1. The fourth-order valence-electron chi connectivity index (χ4n) is 4.55. The third kappa shape index (κ3) is 4.07. The minimum Gasteiger partial charge on any atom is -0.449 e. The van der Waals surface area contributed by atoms with Gasteiger partial charge in [0.15, 0.2) is 11.5 Å². The Morgan fingerprint density at radius 3 is 2.62 bits per heavy atom. The smallest absolute Gasteiger partial charge is 0.449 e. The molecule has 1 saturated heterocycles. The molecule has 1 unspecified atom stereocenters. The van der Waals surface area contributed by atoms with Crippen molar-refractivity contribution in [2.75, 3.05) is 24.5 Å². The number of ether oxygens (including phenoxy) is 1. The molecule has 1 aliphatic heterocycles. The summed E-state index contributed by atoms with van der Waals surface area (Å²) in [6.45, 7) is 5.76. The first-order valence-electron chi connectivity index (χ1n) is 11.1. The largest absolute Gasteiger partial charge is 0.519 e. The van der Waals surface area contributed by atoms with Crippen LogP contribution in [0.3, 0.4) is 0 Å². The molecule has 180 valence electrons. The van der Waals surface area contributed by atoms with Crippen molar-refractivity contribution in [3.8, 4) is 5.75 Å². The summed E-state index contributed by atoms with van der Waals surface area (Å²) in [5.74, 6) is -0.686. The number of fused-ring (bicyclic) bond motifs is 1. The molecule has 10 nitrogen and oxygen atoms in total. The average Bonchev–Trinajstić information content (AvgIpc) is 3.56. The summed E-state index contributed by atoms with van der Waals surface area (Å²) in [7, 11) is 0. The topological polar surface area (TPSA) is 118 Å². The lowest BCUT2D eigenvalue weighted by atomic mass is 10.1. The van der Waals surface area contributed by atoms with E-state index in [4.69, 9.17) is 13.9 Å². The molecular weight excluding hydrogens is 449 g/mol. The molecule has 5 rings (SSSR count). The van der Waals surface area contributed by atoms with Gasteiger partial charge in [-0.15, -0.1) is 0 Å². The van der Waals surface area contributed by atoms with Crippen LogP contribution in [0.15, 0.2) is 36.8 Å². The molecule has 11 heteroatoms. The van der Waals surface area contributed by atoms with E-state index in [1.165, 1.54) is 12.3 Å². The number of nitrogens with zero attached hydrogens (tertiary/aromatic N) is 3. The van der Waals surface area contributed by atoms with Crippen LogP contribution in [0, 0.1) is 12.7 Å². The summed E-state index contributed by atoms with van der Waals surface area (Å²) in [4.78, 5) is 39.2. The van der Waals surface area contributed by atoms with Crippen molar-refractivity contribution in [3.05, 3.63) is 56.5 Å². The van der Waals surface area contributed by atoms with E-state index in [1.54, 1.807) is 17.6 Å². The number of pyridine rings is 1. The van der Waals surface area contributed by atoms with Gasteiger partial charge in [0.1, 0.15) is 11.6 Å². The molecule has 34 heavy (non-hydrogen) atoms. The standard InChI is InChI=1S/C23H24FN3O7/c1-12-9-26(6-5-25(12)10-19-13(2)32-23(31)34-19)18-8-17-15(7-16(18)24)21(28)20(33-22(29)30)11-27(17)14-3-4-14/h7-8,11-12,14H,3-6,9-10H2,1-2H3,(H,29,30). The summed E-state index contributed by atoms with van der Waals surface area (Å²) in [6, 6.07) is 2.97. The van der Waals surface area contributed by atoms with Crippen molar-refractivity contribution < 1.29 is 27.9 Å². The highest BCUT2D eigenvalue weighted by atomic mass is 19.1. The number of anilines is 1. The summed E-state index contributed by atoms with van der Waals surface area (Å²) < 4.78 is 31.7. The number of benzene rings is 1. The fraction of sp³-hybridized carbons (Fsp3) is 0.435. The Kier molecular flexibility index (Phi) is 5.43. The second-order valence-corrected chi connectivity index (χ2v) is 8.85. The number of halogens is 1. The first-order chi connectivity index (χ1) is 16.2. The van der Waals surface area contributed by atoms with Gasteiger partial charge in [0.2, 0.25) is 5.43 Å². The molecular formula is C23H24FN3O7. The Morgan fingerprint density at radius 1 is 1.24 bits per heavy atom. The van der Waals surface area contributed by atoms with Crippen molar-refractivity contribution in [1.29, 1.82) is 0 Å². The molecule has 1 aromatic carbocycles. The molecule has 1 saturated carbocycles. The number of carbonyl (C=O) groups is 1. The third-order valence-corrected chi connectivity index (χ3v) is 6.49. The lowest BCUT2D eigenvalue weighted by Crippen LogP contribution is -2.51. The maximum Gasteiger partial charge on any atom is 0.519 e. The van der Waals surface area contributed by atoms with Gasteiger partial charge in [0.05, 0.1) is 29.3 Å². The third-order valence-electron chi connectivity index (χ3n) is 6.49. The molecule has 1 N–H and O–H groups in total. The average molecular weight is 473 g/mol. The molecule has 2 fully saturated rings. The Balaban J connectivity index is 1.45. The first-order valence-corrected chi connectivity index (χ1v) is 11.1. The van der Waals surface area contributed by atoms with Crippen LogP contribution < -0.4 is 20.9 Å². The van der Waals surface area contributed by atoms with Crippen molar-refractivity contribution in [1.82, 2.24) is 9.47 Å². The van der Waals surface area contributed by atoms with E-state index in [1.807, 2.05) is 11.8 Å². The van der Waals surface area contributed by atoms with Crippen LogP contribution in [0.5, 0.6) is 5.75 Å². The monoisotopic (exact) mass is 473 g/mol. The van der Waals surface area contributed by atoms with Crippen LogP contribution in [0.25, 0.3) is 10.9 Å². The Morgan fingerprint density at radius 2 is 2.00 bits per heavy atom. The van der Waals surface area contributed by atoms with Gasteiger partial charge in [-0.05, 0) is 38.8 Å². The molecule has 1 atom stereocenters. The SMILES string of the molecule is Cc1oc(=O)oc1CN1CCN(c2cc3c(cc2F)c(=O)c(OC(=O)O)cn3C2CC2)CC1C. The van der Waals surface area contributed by atoms with Gasteiger partial charge in [-0.1, -0.05) is 0 Å². The molecule has 2 aliphatic rings. The maximum absolute atomic E-state index is 15.2. The van der Waals surface area contributed by atoms with Crippen LogP contribution >= 0.6 is 0 Å². The van der Waals surface area contributed by atoms with Crippen molar-refractivity contribution in [3.63, 3.8) is 0 Å². The van der Waals surface area contributed by atoms with E-state index >= 15 is 4.39 Å². The molecule has 0 spiro atoms. The minimum absolute atomic E-state index is 0.0282. The van der Waals surface area contributed by atoms with Gasteiger partial charge in [-0.25, -0.2) is 14.0 Å². The number of aryl methyl sites for hydroxylation is 1. The zero-order valence-corrected chi connectivity index (χ0v) is 18.7. The predicted octanol–water partition coefficient (Wildman–Crippen LogP) is 3.10. The van der Waals surface area contributed by atoms with Crippen molar-refractivity contribution in [2.45, 2.75) is 45.3 Å². The second-order valence-electron chi connectivity index (χ2n) is 8.85. The van der Waals surface area contributed by atoms with Crippen molar-refractivity contribution in [2.24, 2.45) is 0 Å². The molecule has 1 aliphatic carbocycles. The lowest BCUT2D eigenvalue weighted by molar-refractivity contribution is 0.143. The molecule has 0 amide bonds. The quantitative estimate of drug-likeness (QED) is 0.558. The van der Waals surface area contributed by atoms with Crippen LogP contribution in [0.1, 0.15) is 37.3 Å². The first kappa shape index (κ1) is 22.2. The van der Waals surface area contributed by atoms with E-state index in [0.717, 1.165) is 12.8 Å². The van der Waals surface area contributed by atoms with E-state index < -0.39 is 23.2 Å². The Bertz CT molecular complexity index is 1390. The number of aromatic nitrogens is 1. The van der Waals surface area contributed by atoms with Gasteiger partial charge in [0.25, 0.3) is 0 Å². The number of hydrogen-bond acceptors (Lipinski definition) is 8. The lowest BCUT2D eigenvalue weighted by Gasteiger charge is -2.40. The zero-order valence-electron chi connectivity index (χ0n) is 18.7. The van der Waals surface area contributed by atoms with Crippen LogP contribution in [0.4, 0.5) is 14.9 Å². The Hall–Kier alpha value is -3.60. The van der Waals surface area contributed by atoms with E-state index in [0.29, 0.717) is 48.9 Å². The van der Waals surface area contributed by atoms with Gasteiger partial charge in [-0.3, -0.25) is 9.69 Å². The summed E-state index contributed by atoms with van der Waals surface area (Å²) in [5.41, 5.74) is 0.271. The normalized spacial score (nSPS) is 19.0. The summed E-state index contributed by atoms with van der Waals surface area (Å²) in [6.07, 6.45) is 1.58. The minimum atomic E-state index is -1.59. The molecule has 0 bridgehead atoms. The van der Waals surface area contributed by atoms with E-state index in [2.05, 4.69) is 9.64 Å². The van der Waals surface area contributed by atoms with Crippen LogP contribution in [0.2, 0.25) is 0 Å². The van der Waals surface area contributed by atoms with E-state index in [9.17, 15) is 14.4 Å². The van der Waals surface area contributed by atoms with E-state index in [-0.39, 0.29) is 23.2 Å². The highest BCUT2D eigenvalue weighted by Gasteiger charge is 2.30. The highest BCUT2D eigenvalue weighted by Crippen LogP contribution is 2.39. The number of hydrogen-bond donors (Lipinski definition) is 1. The predicted molar refractivity (Wildman–Crippen MR) is 119 cm³/mol. The van der Waals surface area contributed by atoms with Gasteiger partial charge in [0, 0.05) is 31.7 Å². The maximum atomic E-state index is 15.2. The Labute approximate surface area is 192 Å². The number of carboxylic acid groups (broad SMARTS) is 1. The zero-order chi connectivity index (χ0) is 24.1. The number of rotatable bonds is 5. The molecule has 0 radical (unpaired) electrons. The summed E-state index contributed by atoms with van der Waals surface area (Å²) in [5, 5.41) is 9.04. The second kappa shape index (κ2) is 8.32. The fourth-order valence-corrected chi connectivity index (χ4v) is 4.55. The van der Waals surface area contributed by atoms with Crippen molar-refractivity contribution >= 4 is 22.7 Å². The van der Waals surface area contributed by atoms with Crippen LogP contribution in [-0.2, 0) is 6.54 Å². The van der Waals surface area contributed by atoms with Gasteiger partial charge < -0.3 is 28.1 Å². The van der Waals surface area contributed by atoms with Gasteiger partial charge >= 0.3 is 12.0 Å². The molecule has 2 aromatic heterocycles. The van der Waals surface area contributed by atoms with Gasteiger partial charge in [-0.2, -0.15) is 0 Å².